The third-order valence-electron chi connectivity index (χ3n) is 3.33. The third-order valence-corrected chi connectivity index (χ3v) is 3.96. The molecule has 23 heavy (non-hydrogen) atoms. The number of rotatable bonds is 6. The van der Waals surface area contributed by atoms with Crippen LogP contribution in [0, 0.1) is 0 Å². The van der Waals surface area contributed by atoms with Gasteiger partial charge < -0.3 is 9.64 Å². The second kappa shape index (κ2) is 8.94. The summed E-state index contributed by atoms with van der Waals surface area (Å²) in [6, 6.07) is 3.14. The van der Waals surface area contributed by atoms with Gasteiger partial charge in [0, 0.05) is 29.8 Å². The summed E-state index contributed by atoms with van der Waals surface area (Å²) in [5.74, 6) is -0.556. The Morgan fingerprint density at radius 2 is 1.65 bits per heavy atom. The molecule has 0 aliphatic carbocycles. The van der Waals surface area contributed by atoms with Gasteiger partial charge in [0.2, 0.25) is 0 Å². The van der Waals surface area contributed by atoms with Crippen molar-refractivity contribution < 1.29 is 14.3 Å². The normalized spacial score (nSPS) is 11.3. The van der Waals surface area contributed by atoms with Gasteiger partial charge in [0.25, 0.3) is 5.91 Å². The van der Waals surface area contributed by atoms with Gasteiger partial charge >= 0.3 is 5.97 Å². The molecule has 1 rings (SSSR count). The molecule has 0 aliphatic rings. The lowest BCUT2D eigenvalue weighted by Crippen LogP contribution is -2.30. The highest BCUT2D eigenvalue weighted by Gasteiger charge is 2.17. The lowest BCUT2D eigenvalue weighted by atomic mass is 10.1. The van der Waals surface area contributed by atoms with Crippen LogP contribution in [-0.4, -0.2) is 36.5 Å². The van der Waals surface area contributed by atoms with Crippen molar-refractivity contribution in [2.24, 2.45) is 0 Å². The van der Waals surface area contributed by atoms with Gasteiger partial charge in [0.1, 0.15) is 0 Å². The summed E-state index contributed by atoms with van der Waals surface area (Å²) in [6.45, 7) is 8.68. The van der Waals surface area contributed by atoms with Crippen LogP contribution in [0.15, 0.2) is 17.7 Å². The van der Waals surface area contributed by atoms with Crippen LogP contribution in [0.2, 0.25) is 10.0 Å². The van der Waals surface area contributed by atoms with E-state index in [1.54, 1.807) is 37.0 Å². The van der Waals surface area contributed by atoms with Crippen molar-refractivity contribution in [2.45, 2.75) is 27.7 Å². The first-order chi connectivity index (χ1) is 10.8. The number of benzene rings is 1. The fraction of sp³-hybridized carbons (Fsp3) is 0.412. The van der Waals surface area contributed by atoms with E-state index in [2.05, 4.69) is 0 Å². The number of amides is 1. The summed E-state index contributed by atoms with van der Waals surface area (Å²) in [6.07, 6.45) is 1.56. The molecule has 0 aliphatic heterocycles. The number of esters is 1. The molecule has 1 aromatic rings. The lowest BCUT2D eigenvalue weighted by molar-refractivity contribution is -0.138. The van der Waals surface area contributed by atoms with Gasteiger partial charge in [-0.05, 0) is 45.9 Å². The predicted molar refractivity (Wildman–Crippen MR) is 94.0 cm³/mol. The summed E-state index contributed by atoms with van der Waals surface area (Å²) in [7, 11) is 0. The molecule has 1 amide bonds. The number of hydrogen-bond donors (Lipinski definition) is 0. The maximum atomic E-state index is 12.4. The average molecular weight is 358 g/mol. The van der Waals surface area contributed by atoms with E-state index in [4.69, 9.17) is 27.9 Å². The fourth-order valence-electron chi connectivity index (χ4n) is 2.06. The van der Waals surface area contributed by atoms with Crippen LogP contribution in [0.3, 0.4) is 0 Å². The molecule has 1 aromatic carbocycles. The van der Waals surface area contributed by atoms with Crippen molar-refractivity contribution in [1.82, 2.24) is 4.90 Å². The molecule has 0 atom stereocenters. The molecule has 0 saturated heterocycles. The van der Waals surface area contributed by atoms with Crippen LogP contribution in [0.5, 0.6) is 0 Å². The minimum absolute atomic E-state index is 0.128. The minimum atomic E-state index is -0.428. The highest BCUT2D eigenvalue weighted by molar-refractivity contribution is 6.37. The van der Waals surface area contributed by atoms with E-state index in [1.165, 1.54) is 0 Å². The summed E-state index contributed by atoms with van der Waals surface area (Å²) in [5.41, 5.74) is 1.31. The number of hydrogen-bond acceptors (Lipinski definition) is 3. The highest BCUT2D eigenvalue weighted by atomic mass is 35.5. The molecule has 0 saturated carbocycles. The number of halogens is 2. The quantitative estimate of drug-likeness (QED) is 0.558. The molecular formula is C17H21Cl2NO3. The monoisotopic (exact) mass is 357 g/mol. The van der Waals surface area contributed by atoms with E-state index >= 15 is 0 Å². The Morgan fingerprint density at radius 1 is 1.13 bits per heavy atom. The van der Waals surface area contributed by atoms with E-state index in [0.717, 1.165) is 0 Å². The Morgan fingerprint density at radius 3 is 2.09 bits per heavy atom. The standard InChI is InChI=1S/C17H21Cl2NO3/c1-5-20(6-2)16(21)12-9-14(18)13(15(19)10-12)8-11(4)17(22)23-7-3/h8-10H,5-7H2,1-4H3/b11-8+. The second-order valence-electron chi connectivity index (χ2n) is 4.88. The van der Waals surface area contributed by atoms with E-state index in [-0.39, 0.29) is 5.91 Å². The molecule has 0 fully saturated rings. The van der Waals surface area contributed by atoms with Gasteiger partial charge in [0.05, 0.1) is 16.7 Å². The van der Waals surface area contributed by atoms with Gasteiger partial charge in [-0.2, -0.15) is 0 Å². The number of carbonyl (C=O) groups excluding carboxylic acids is 2. The number of nitrogens with zero attached hydrogens (tertiary/aromatic N) is 1. The van der Waals surface area contributed by atoms with Gasteiger partial charge in [-0.1, -0.05) is 23.2 Å². The molecule has 0 heterocycles. The SMILES string of the molecule is CCOC(=O)/C(C)=C/c1c(Cl)cc(C(=O)N(CC)CC)cc1Cl. The van der Waals surface area contributed by atoms with Gasteiger partial charge in [-0.3, -0.25) is 4.79 Å². The van der Waals surface area contributed by atoms with Crippen molar-refractivity contribution in [3.63, 3.8) is 0 Å². The van der Waals surface area contributed by atoms with Crippen LogP contribution in [0.25, 0.3) is 6.08 Å². The smallest absolute Gasteiger partial charge is 0.333 e. The molecule has 6 heteroatoms. The zero-order chi connectivity index (χ0) is 17.6. The van der Waals surface area contributed by atoms with Crippen molar-refractivity contribution in [3.05, 3.63) is 38.9 Å². The number of carbonyl (C=O) groups is 2. The molecule has 0 bridgehead atoms. The van der Waals surface area contributed by atoms with Crippen LogP contribution in [-0.2, 0) is 9.53 Å². The molecule has 0 spiro atoms. The molecule has 126 valence electrons. The van der Waals surface area contributed by atoms with Gasteiger partial charge in [0.15, 0.2) is 0 Å². The first-order valence-electron chi connectivity index (χ1n) is 7.49. The average Bonchev–Trinajstić information content (AvgIpc) is 2.51. The predicted octanol–water partition coefficient (Wildman–Crippen LogP) is 4.44. The second-order valence-corrected chi connectivity index (χ2v) is 5.69. The van der Waals surface area contributed by atoms with Crippen molar-refractivity contribution >= 4 is 41.2 Å². The zero-order valence-electron chi connectivity index (χ0n) is 13.8. The maximum Gasteiger partial charge on any atom is 0.333 e. The number of ether oxygens (including phenoxy) is 1. The topological polar surface area (TPSA) is 46.6 Å². The van der Waals surface area contributed by atoms with Crippen molar-refractivity contribution in [2.75, 3.05) is 19.7 Å². The minimum Gasteiger partial charge on any atom is -0.463 e. The molecular weight excluding hydrogens is 337 g/mol. The molecule has 0 unspecified atom stereocenters. The lowest BCUT2D eigenvalue weighted by Gasteiger charge is -2.19. The molecule has 0 aromatic heterocycles. The van der Waals surface area contributed by atoms with Gasteiger partial charge in [-0.25, -0.2) is 4.79 Å². The highest BCUT2D eigenvalue weighted by Crippen LogP contribution is 2.29. The Balaban J connectivity index is 3.18. The van der Waals surface area contributed by atoms with E-state index in [0.29, 0.717) is 46.4 Å². The zero-order valence-corrected chi connectivity index (χ0v) is 15.3. The van der Waals surface area contributed by atoms with Crippen molar-refractivity contribution in [3.8, 4) is 0 Å². The van der Waals surface area contributed by atoms with Crippen LogP contribution < -0.4 is 0 Å². The van der Waals surface area contributed by atoms with Crippen LogP contribution in [0.1, 0.15) is 43.6 Å². The third kappa shape index (κ3) is 4.98. The molecule has 0 radical (unpaired) electrons. The summed E-state index contributed by atoms with van der Waals surface area (Å²) >= 11 is 12.5. The molecule has 0 N–H and O–H groups in total. The summed E-state index contributed by atoms with van der Waals surface area (Å²) in [5, 5.41) is 0.633. The van der Waals surface area contributed by atoms with Crippen LogP contribution >= 0.6 is 23.2 Å². The van der Waals surface area contributed by atoms with E-state index in [9.17, 15) is 9.59 Å². The van der Waals surface area contributed by atoms with Gasteiger partial charge in [-0.15, -0.1) is 0 Å². The Bertz CT molecular complexity index is 599. The maximum absolute atomic E-state index is 12.4. The molecule has 4 nitrogen and oxygen atoms in total. The van der Waals surface area contributed by atoms with E-state index in [1.807, 2.05) is 13.8 Å². The first kappa shape index (κ1) is 19.5. The fourth-order valence-corrected chi connectivity index (χ4v) is 2.66. The Labute approximate surface area is 147 Å². The summed E-state index contributed by atoms with van der Waals surface area (Å²) < 4.78 is 4.92. The van der Waals surface area contributed by atoms with E-state index < -0.39 is 5.97 Å². The first-order valence-corrected chi connectivity index (χ1v) is 8.24. The summed E-state index contributed by atoms with van der Waals surface area (Å²) in [4.78, 5) is 25.7. The van der Waals surface area contributed by atoms with Crippen LogP contribution in [0.4, 0.5) is 0 Å². The Kier molecular flexibility index (Phi) is 7.59. The largest absolute Gasteiger partial charge is 0.463 e. The van der Waals surface area contributed by atoms with Crippen molar-refractivity contribution in [1.29, 1.82) is 0 Å². The Hall–Kier alpha value is -1.52.